The van der Waals surface area contributed by atoms with Gasteiger partial charge in [-0.15, -0.1) is 0 Å². The van der Waals surface area contributed by atoms with Crippen molar-refractivity contribution in [1.82, 2.24) is 19.5 Å². The molecule has 1 fully saturated rings. The van der Waals surface area contributed by atoms with Crippen LogP contribution in [0.2, 0.25) is 0 Å². The number of likely N-dealkylation sites (tertiary alicyclic amines) is 1. The van der Waals surface area contributed by atoms with Crippen molar-refractivity contribution in [2.45, 2.75) is 33.6 Å². The standard InChI is InChI=1S/C17H21N5O2/c1-10-4-11(2)9-21(8-10)15(23)5-14-12(3)20-16-13(6-18)7-19-22(16)17(14)24/h7,10-11,19H,4-5,8-9H2,1-3H3. The zero-order valence-electron chi connectivity index (χ0n) is 14.2. The van der Waals surface area contributed by atoms with E-state index in [1.54, 1.807) is 6.92 Å². The number of nitriles is 1. The number of aromatic amines is 1. The van der Waals surface area contributed by atoms with Crippen LogP contribution in [0.1, 0.15) is 37.1 Å². The lowest BCUT2D eigenvalue weighted by Crippen LogP contribution is -2.44. The van der Waals surface area contributed by atoms with Gasteiger partial charge in [-0.05, 0) is 25.2 Å². The Hall–Kier alpha value is -2.62. The number of piperidine rings is 1. The summed E-state index contributed by atoms with van der Waals surface area (Å²) in [5, 5.41) is 11.8. The van der Waals surface area contributed by atoms with Crippen LogP contribution in [0.15, 0.2) is 11.0 Å². The third kappa shape index (κ3) is 2.80. The Bertz CT molecular complexity index is 879. The lowest BCUT2D eigenvalue weighted by molar-refractivity contribution is -0.133. The molecule has 2 aromatic heterocycles. The van der Waals surface area contributed by atoms with Crippen LogP contribution < -0.4 is 5.56 Å². The van der Waals surface area contributed by atoms with Gasteiger partial charge in [0, 0.05) is 30.5 Å². The molecular weight excluding hydrogens is 306 g/mol. The maximum atomic E-state index is 12.6. The third-order valence-electron chi connectivity index (χ3n) is 4.63. The van der Waals surface area contributed by atoms with Gasteiger partial charge in [0.15, 0.2) is 5.65 Å². The van der Waals surface area contributed by atoms with Gasteiger partial charge >= 0.3 is 0 Å². The number of nitrogens with one attached hydrogen (secondary N) is 1. The van der Waals surface area contributed by atoms with Crippen molar-refractivity contribution in [1.29, 1.82) is 5.26 Å². The molecule has 1 amide bonds. The van der Waals surface area contributed by atoms with Gasteiger partial charge in [-0.1, -0.05) is 13.8 Å². The molecule has 0 radical (unpaired) electrons. The minimum absolute atomic E-state index is 0.0394. The summed E-state index contributed by atoms with van der Waals surface area (Å²) in [5.41, 5.74) is 1.19. The number of aryl methyl sites for hydroxylation is 1. The van der Waals surface area contributed by atoms with Crippen LogP contribution in [0.25, 0.3) is 5.65 Å². The van der Waals surface area contributed by atoms with E-state index in [0.717, 1.165) is 19.5 Å². The molecule has 1 saturated heterocycles. The molecule has 3 rings (SSSR count). The zero-order chi connectivity index (χ0) is 17.4. The number of fused-ring (bicyclic) bond motifs is 1. The van der Waals surface area contributed by atoms with Crippen molar-refractivity contribution >= 4 is 11.6 Å². The van der Waals surface area contributed by atoms with E-state index < -0.39 is 0 Å². The van der Waals surface area contributed by atoms with E-state index in [1.807, 2.05) is 11.0 Å². The second-order valence-corrected chi connectivity index (χ2v) is 6.86. The molecule has 0 saturated carbocycles. The van der Waals surface area contributed by atoms with Gasteiger partial charge in [0.2, 0.25) is 5.91 Å². The fourth-order valence-corrected chi connectivity index (χ4v) is 3.57. The van der Waals surface area contributed by atoms with E-state index >= 15 is 0 Å². The number of amides is 1. The smallest absolute Gasteiger partial charge is 0.276 e. The number of hydrogen-bond acceptors (Lipinski definition) is 4. The molecule has 1 aliphatic rings. The van der Waals surface area contributed by atoms with Gasteiger partial charge in [-0.3, -0.25) is 14.7 Å². The highest BCUT2D eigenvalue weighted by atomic mass is 16.2. The van der Waals surface area contributed by atoms with E-state index in [9.17, 15) is 9.59 Å². The second kappa shape index (κ2) is 6.11. The topological polar surface area (TPSA) is 94.3 Å². The zero-order valence-corrected chi connectivity index (χ0v) is 14.2. The summed E-state index contributed by atoms with van der Waals surface area (Å²) >= 11 is 0. The molecule has 3 heterocycles. The number of carbonyl (C=O) groups is 1. The van der Waals surface area contributed by atoms with Gasteiger partial charge in [0.25, 0.3) is 5.56 Å². The fourth-order valence-electron chi connectivity index (χ4n) is 3.57. The normalized spacial score (nSPS) is 21.0. The molecule has 7 heteroatoms. The largest absolute Gasteiger partial charge is 0.342 e. The SMILES string of the molecule is Cc1nc2c(C#N)c[nH]n2c(=O)c1CC(=O)N1CC(C)CC(C)C1. The number of rotatable bonds is 2. The van der Waals surface area contributed by atoms with Gasteiger partial charge in [-0.2, -0.15) is 5.26 Å². The number of nitrogens with zero attached hydrogens (tertiary/aromatic N) is 4. The summed E-state index contributed by atoms with van der Waals surface area (Å²) in [7, 11) is 0. The lowest BCUT2D eigenvalue weighted by Gasteiger charge is -2.35. The third-order valence-corrected chi connectivity index (χ3v) is 4.63. The first-order chi connectivity index (χ1) is 11.4. The van der Waals surface area contributed by atoms with E-state index in [1.165, 1.54) is 10.7 Å². The molecular formula is C17H21N5O2. The van der Waals surface area contributed by atoms with Crippen LogP contribution in [0.3, 0.4) is 0 Å². The summed E-state index contributed by atoms with van der Waals surface area (Å²) in [6.45, 7) is 7.47. The highest BCUT2D eigenvalue weighted by Gasteiger charge is 2.26. The maximum Gasteiger partial charge on any atom is 0.276 e. The molecule has 0 bridgehead atoms. The number of carbonyl (C=O) groups excluding carboxylic acids is 1. The van der Waals surface area contributed by atoms with Crippen LogP contribution >= 0.6 is 0 Å². The van der Waals surface area contributed by atoms with Crippen molar-refractivity contribution in [3.63, 3.8) is 0 Å². The van der Waals surface area contributed by atoms with Crippen molar-refractivity contribution in [3.05, 3.63) is 33.4 Å². The predicted octanol–water partition coefficient (Wildman–Crippen LogP) is 1.25. The number of hydrogen-bond donors (Lipinski definition) is 1. The van der Waals surface area contributed by atoms with Gasteiger partial charge in [-0.25, -0.2) is 9.50 Å². The van der Waals surface area contributed by atoms with Crippen LogP contribution in [0.4, 0.5) is 0 Å². The first-order valence-corrected chi connectivity index (χ1v) is 8.18. The minimum Gasteiger partial charge on any atom is -0.342 e. The van der Waals surface area contributed by atoms with Crippen molar-refractivity contribution in [2.24, 2.45) is 11.8 Å². The molecule has 0 spiro atoms. The minimum atomic E-state index is -0.314. The molecule has 126 valence electrons. The first kappa shape index (κ1) is 16.2. The predicted molar refractivity (Wildman–Crippen MR) is 88.5 cm³/mol. The van der Waals surface area contributed by atoms with Gasteiger partial charge < -0.3 is 4.90 Å². The number of H-pyrrole nitrogens is 1. The van der Waals surface area contributed by atoms with E-state index in [0.29, 0.717) is 34.3 Å². The molecule has 2 unspecified atom stereocenters. The van der Waals surface area contributed by atoms with E-state index in [4.69, 9.17) is 5.26 Å². The van der Waals surface area contributed by atoms with E-state index in [2.05, 4.69) is 23.9 Å². The molecule has 24 heavy (non-hydrogen) atoms. The Morgan fingerprint density at radius 2 is 2.08 bits per heavy atom. The van der Waals surface area contributed by atoms with Crippen LogP contribution in [0, 0.1) is 30.1 Å². The van der Waals surface area contributed by atoms with Crippen LogP contribution in [-0.4, -0.2) is 38.5 Å². The average Bonchev–Trinajstić information content (AvgIpc) is 2.93. The summed E-state index contributed by atoms with van der Waals surface area (Å²) in [6.07, 6.45) is 2.61. The van der Waals surface area contributed by atoms with E-state index in [-0.39, 0.29) is 17.9 Å². The summed E-state index contributed by atoms with van der Waals surface area (Å²) < 4.78 is 1.23. The van der Waals surface area contributed by atoms with Crippen molar-refractivity contribution < 1.29 is 4.79 Å². The highest BCUT2D eigenvalue weighted by molar-refractivity contribution is 5.79. The quantitative estimate of drug-likeness (QED) is 0.898. The first-order valence-electron chi connectivity index (χ1n) is 8.18. The molecule has 0 aromatic carbocycles. The fraction of sp³-hybridized carbons (Fsp3) is 0.529. The molecule has 1 aliphatic heterocycles. The highest BCUT2D eigenvalue weighted by Crippen LogP contribution is 2.21. The Labute approximate surface area is 139 Å². The average molecular weight is 327 g/mol. The summed E-state index contributed by atoms with van der Waals surface area (Å²) in [5.74, 6) is 0.909. The lowest BCUT2D eigenvalue weighted by atomic mass is 9.91. The van der Waals surface area contributed by atoms with Crippen LogP contribution in [0.5, 0.6) is 0 Å². The van der Waals surface area contributed by atoms with Gasteiger partial charge in [0.1, 0.15) is 11.6 Å². The summed E-state index contributed by atoms with van der Waals surface area (Å²) in [6, 6.07) is 2.00. The molecule has 1 N–H and O–H groups in total. The Kier molecular flexibility index (Phi) is 4.14. The molecule has 2 atom stereocenters. The van der Waals surface area contributed by atoms with Gasteiger partial charge in [0.05, 0.1) is 6.42 Å². The molecule has 0 aliphatic carbocycles. The monoisotopic (exact) mass is 327 g/mol. The molecule has 7 nitrogen and oxygen atoms in total. The number of aromatic nitrogens is 3. The second-order valence-electron chi connectivity index (χ2n) is 6.86. The maximum absolute atomic E-state index is 12.6. The Morgan fingerprint density at radius 1 is 1.42 bits per heavy atom. The van der Waals surface area contributed by atoms with Crippen molar-refractivity contribution in [2.75, 3.05) is 13.1 Å². The molecule has 2 aromatic rings. The summed E-state index contributed by atoms with van der Waals surface area (Å²) in [4.78, 5) is 31.5. The Morgan fingerprint density at radius 3 is 2.71 bits per heavy atom. The Balaban J connectivity index is 1.91. The van der Waals surface area contributed by atoms with Crippen LogP contribution in [-0.2, 0) is 11.2 Å². The van der Waals surface area contributed by atoms with Crippen molar-refractivity contribution in [3.8, 4) is 6.07 Å².